The van der Waals surface area contributed by atoms with Crippen molar-refractivity contribution in [3.8, 4) is 0 Å². The summed E-state index contributed by atoms with van der Waals surface area (Å²) in [4.78, 5) is 22.7. The molecule has 0 rings (SSSR count). The Morgan fingerprint density at radius 2 is 1.94 bits per heavy atom. The van der Waals surface area contributed by atoms with Gasteiger partial charge in [0.05, 0.1) is 6.61 Å². The standard InChI is InChI=1S/C11H22N2O4/c1-8(9(14)16-7-5-6-12)13-10(15)17-11(2,3)4/h8H,5-7,12H2,1-4H3,(H,13,15)/t8-/m0/s1. The molecule has 0 unspecified atom stereocenters. The van der Waals surface area contributed by atoms with Crippen LogP contribution in [0.3, 0.4) is 0 Å². The molecule has 0 heterocycles. The van der Waals surface area contributed by atoms with Gasteiger partial charge in [-0.3, -0.25) is 0 Å². The van der Waals surface area contributed by atoms with Crippen LogP contribution in [0.25, 0.3) is 0 Å². The maximum atomic E-state index is 11.4. The highest BCUT2D eigenvalue weighted by molar-refractivity contribution is 5.80. The van der Waals surface area contributed by atoms with Crippen LogP contribution in [0, 0.1) is 0 Å². The van der Waals surface area contributed by atoms with E-state index in [0.717, 1.165) is 0 Å². The summed E-state index contributed by atoms with van der Waals surface area (Å²) < 4.78 is 9.89. The smallest absolute Gasteiger partial charge is 0.408 e. The molecule has 0 saturated heterocycles. The van der Waals surface area contributed by atoms with Gasteiger partial charge in [0, 0.05) is 0 Å². The van der Waals surface area contributed by atoms with Crippen molar-refractivity contribution >= 4 is 12.1 Å². The lowest BCUT2D eigenvalue weighted by atomic mass is 10.2. The number of hydrogen-bond acceptors (Lipinski definition) is 5. The van der Waals surface area contributed by atoms with Crippen molar-refractivity contribution in [3.05, 3.63) is 0 Å². The number of nitrogens with one attached hydrogen (secondary N) is 1. The Balaban J connectivity index is 3.95. The molecule has 0 radical (unpaired) electrons. The normalized spacial score (nSPS) is 12.8. The molecule has 0 aromatic rings. The summed E-state index contributed by atoms with van der Waals surface area (Å²) in [6.07, 6.45) is -0.0361. The van der Waals surface area contributed by atoms with Crippen LogP contribution < -0.4 is 11.1 Å². The van der Waals surface area contributed by atoms with Gasteiger partial charge in [-0.05, 0) is 40.7 Å². The summed E-state index contributed by atoms with van der Waals surface area (Å²) in [5.41, 5.74) is 4.67. The van der Waals surface area contributed by atoms with Crippen molar-refractivity contribution in [2.75, 3.05) is 13.2 Å². The number of amides is 1. The highest BCUT2D eigenvalue weighted by atomic mass is 16.6. The number of esters is 1. The summed E-state index contributed by atoms with van der Waals surface area (Å²) in [6, 6.07) is -0.734. The molecule has 0 bridgehead atoms. The quantitative estimate of drug-likeness (QED) is 0.553. The summed E-state index contributed by atoms with van der Waals surface area (Å²) >= 11 is 0. The number of alkyl carbamates (subject to hydrolysis) is 1. The van der Waals surface area contributed by atoms with E-state index in [4.69, 9.17) is 15.2 Å². The van der Waals surface area contributed by atoms with Crippen molar-refractivity contribution in [2.45, 2.75) is 45.8 Å². The number of hydrogen-bond donors (Lipinski definition) is 2. The van der Waals surface area contributed by atoms with Crippen molar-refractivity contribution in [1.82, 2.24) is 5.32 Å². The van der Waals surface area contributed by atoms with E-state index in [-0.39, 0.29) is 6.61 Å². The van der Waals surface area contributed by atoms with Gasteiger partial charge in [0.2, 0.25) is 0 Å². The number of rotatable bonds is 5. The third-order valence-electron chi connectivity index (χ3n) is 1.68. The van der Waals surface area contributed by atoms with Crippen LogP contribution >= 0.6 is 0 Å². The van der Waals surface area contributed by atoms with Crippen LogP contribution in [-0.2, 0) is 14.3 Å². The fraction of sp³-hybridized carbons (Fsp3) is 0.818. The largest absolute Gasteiger partial charge is 0.464 e. The van der Waals surface area contributed by atoms with Crippen molar-refractivity contribution in [1.29, 1.82) is 0 Å². The second kappa shape index (κ2) is 7.11. The average molecular weight is 246 g/mol. The third kappa shape index (κ3) is 8.50. The SMILES string of the molecule is C[C@H](NC(=O)OC(C)(C)C)C(=O)OCCCN. The molecule has 0 aliphatic carbocycles. The molecule has 0 aromatic heterocycles. The zero-order valence-corrected chi connectivity index (χ0v) is 10.9. The highest BCUT2D eigenvalue weighted by Crippen LogP contribution is 2.06. The minimum Gasteiger partial charge on any atom is -0.464 e. The van der Waals surface area contributed by atoms with E-state index in [1.165, 1.54) is 6.92 Å². The molecule has 17 heavy (non-hydrogen) atoms. The Kier molecular flexibility index (Phi) is 6.57. The topological polar surface area (TPSA) is 90.6 Å². The van der Waals surface area contributed by atoms with Crippen LogP contribution in [-0.4, -0.2) is 36.9 Å². The first-order valence-corrected chi connectivity index (χ1v) is 5.62. The summed E-state index contributed by atoms with van der Waals surface area (Å²) in [5.74, 6) is -0.496. The molecule has 6 heteroatoms. The van der Waals surface area contributed by atoms with Gasteiger partial charge in [-0.15, -0.1) is 0 Å². The van der Waals surface area contributed by atoms with E-state index in [1.807, 2.05) is 0 Å². The lowest BCUT2D eigenvalue weighted by molar-refractivity contribution is -0.145. The second-order valence-electron chi connectivity index (χ2n) is 4.68. The number of nitrogens with two attached hydrogens (primary N) is 1. The lowest BCUT2D eigenvalue weighted by Crippen LogP contribution is -2.42. The predicted molar refractivity (Wildman–Crippen MR) is 63.5 cm³/mol. The number of ether oxygens (including phenoxy) is 2. The Morgan fingerprint density at radius 3 is 2.41 bits per heavy atom. The molecule has 0 aromatic carbocycles. The fourth-order valence-corrected chi connectivity index (χ4v) is 0.924. The zero-order valence-electron chi connectivity index (χ0n) is 10.9. The monoisotopic (exact) mass is 246 g/mol. The van der Waals surface area contributed by atoms with Gasteiger partial charge in [-0.25, -0.2) is 9.59 Å². The Bertz CT molecular complexity index is 261. The lowest BCUT2D eigenvalue weighted by Gasteiger charge is -2.21. The molecular weight excluding hydrogens is 224 g/mol. The van der Waals surface area contributed by atoms with Gasteiger partial charge in [-0.1, -0.05) is 0 Å². The molecule has 0 saturated carbocycles. The second-order valence-corrected chi connectivity index (χ2v) is 4.68. The molecule has 0 aliphatic heterocycles. The van der Waals surface area contributed by atoms with Crippen molar-refractivity contribution < 1.29 is 19.1 Å². The van der Waals surface area contributed by atoms with Gasteiger partial charge >= 0.3 is 12.1 Å². The highest BCUT2D eigenvalue weighted by Gasteiger charge is 2.21. The van der Waals surface area contributed by atoms with Gasteiger partial charge in [0.15, 0.2) is 0 Å². The summed E-state index contributed by atoms with van der Waals surface area (Å²) in [7, 11) is 0. The minimum atomic E-state index is -0.734. The van der Waals surface area contributed by atoms with Crippen LogP contribution in [0.5, 0.6) is 0 Å². The van der Waals surface area contributed by atoms with E-state index in [9.17, 15) is 9.59 Å². The first-order valence-electron chi connectivity index (χ1n) is 5.62. The average Bonchev–Trinajstić information content (AvgIpc) is 2.14. The molecule has 1 amide bonds. The van der Waals surface area contributed by atoms with Crippen LogP contribution in [0.4, 0.5) is 4.79 Å². The maximum Gasteiger partial charge on any atom is 0.408 e. The Labute approximate surface area is 102 Å². The van der Waals surface area contributed by atoms with E-state index >= 15 is 0 Å². The minimum absolute atomic E-state index is 0.260. The maximum absolute atomic E-state index is 11.4. The first kappa shape index (κ1) is 15.7. The fourth-order valence-electron chi connectivity index (χ4n) is 0.924. The van der Waals surface area contributed by atoms with Crippen LogP contribution in [0.2, 0.25) is 0 Å². The summed E-state index contributed by atoms with van der Waals surface area (Å²) in [5, 5.41) is 2.40. The number of carbonyl (C=O) groups is 2. The van der Waals surface area contributed by atoms with Gasteiger partial charge in [-0.2, -0.15) is 0 Å². The molecule has 1 atom stereocenters. The predicted octanol–water partition coefficient (Wildman–Crippen LogP) is 0.792. The first-order chi connectivity index (χ1) is 7.76. The molecule has 0 spiro atoms. The van der Waals surface area contributed by atoms with Crippen molar-refractivity contribution in [3.63, 3.8) is 0 Å². The van der Waals surface area contributed by atoms with E-state index in [2.05, 4.69) is 5.32 Å². The molecule has 6 nitrogen and oxygen atoms in total. The summed E-state index contributed by atoms with van der Waals surface area (Å²) in [6.45, 7) is 7.50. The third-order valence-corrected chi connectivity index (χ3v) is 1.68. The van der Waals surface area contributed by atoms with Crippen LogP contribution in [0.1, 0.15) is 34.1 Å². The Hall–Kier alpha value is -1.30. The Morgan fingerprint density at radius 1 is 1.35 bits per heavy atom. The van der Waals surface area contributed by atoms with E-state index in [1.54, 1.807) is 20.8 Å². The molecule has 3 N–H and O–H groups in total. The van der Waals surface area contributed by atoms with Gasteiger partial charge < -0.3 is 20.5 Å². The number of carbonyl (C=O) groups excluding carboxylic acids is 2. The van der Waals surface area contributed by atoms with Gasteiger partial charge in [0.25, 0.3) is 0 Å². The van der Waals surface area contributed by atoms with E-state index in [0.29, 0.717) is 13.0 Å². The van der Waals surface area contributed by atoms with Crippen molar-refractivity contribution in [2.24, 2.45) is 5.73 Å². The van der Waals surface area contributed by atoms with Crippen LogP contribution in [0.15, 0.2) is 0 Å². The molecular formula is C11H22N2O4. The molecule has 0 fully saturated rings. The molecule has 0 aliphatic rings. The van der Waals surface area contributed by atoms with E-state index < -0.39 is 23.7 Å². The zero-order chi connectivity index (χ0) is 13.5. The van der Waals surface area contributed by atoms with Gasteiger partial charge in [0.1, 0.15) is 11.6 Å². The molecule has 100 valence electrons.